The number of anilines is 1. The second-order valence-electron chi connectivity index (χ2n) is 4.58. The van der Waals surface area contributed by atoms with Gasteiger partial charge in [-0.05, 0) is 36.4 Å². The number of aromatic nitrogens is 4. The number of aryl methyl sites for hydroxylation is 1. The molecule has 0 aliphatic rings. The summed E-state index contributed by atoms with van der Waals surface area (Å²) in [6.45, 7) is 1.62. The quantitative estimate of drug-likeness (QED) is 0.796. The van der Waals surface area contributed by atoms with Gasteiger partial charge in [-0.1, -0.05) is 12.1 Å². The van der Waals surface area contributed by atoms with Gasteiger partial charge in [0.05, 0.1) is 5.69 Å². The average Bonchev–Trinajstić information content (AvgIpc) is 3.10. The Bertz CT molecular complexity index is 811. The van der Waals surface area contributed by atoms with E-state index in [0.717, 1.165) is 10.6 Å². The van der Waals surface area contributed by atoms with Crippen molar-refractivity contribution < 1.29 is 13.6 Å². The van der Waals surface area contributed by atoms with Crippen molar-refractivity contribution in [2.24, 2.45) is 0 Å². The number of tetrazole rings is 1. The van der Waals surface area contributed by atoms with Crippen molar-refractivity contribution >= 4 is 11.6 Å². The molecule has 0 unspecified atom stereocenters. The van der Waals surface area contributed by atoms with Crippen molar-refractivity contribution in [3.63, 3.8) is 0 Å². The molecule has 0 radical (unpaired) electrons. The largest absolute Gasteiger partial charge is 0.458 e. The highest BCUT2D eigenvalue weighted by Crippen LogP contribution is 2.16. The lowest BCUT2D eigenvalue weighted by Crippen LogP contribution is -2.21. The molecule has 3 rings (SSSR count). The predicted octanol–water partition coefficient (Wildman–Crippen LogP) is 2.02. The van der Waals surface area contributed by atoms with Crippen LogP contribution in [0.25, 0.3) is 11.6 Å². The van der Waals surface area contributed by atoms with Gasteiger partial charge in [0.2, 0.25) is 11.7 Å². The van der Waals surface area contributed by atoms with E-state index in [4.69, 9.17) is 4.42 Å². The molecule has 0 saturated carbocycles. The highest BCUT2D eigenvalue weighted by Gasteiger charge is 2.12. The Hall–Kier alpha value is -3.03. The Kier molecular flexibility index (Phi) is 3.65. The van der Waals surface area contributed by atoms with Crippen molar-refractivity contribution in [3.05, 3.63) is 48.0 Å². The van der Waals surface area contributed by atoms with Gasteiger partial charge in [-0.2, -0.15) is 4.80 Å². The fourth-order valence-corrected chi connectivity index (χ4v) is 1.84. The number of furan rings is 1. The van der Waals surface area contributed by atoms with Crippen molar-refractivity contribution in [1.82, 2.24) is 20.2 Å². The SMILES string of the molecule is Cc1ccc(-c2nnn(CC(=O)Nc3ccccc3F)n2)o1. The predicted molar refractivity (Wildman–Crippen MR) is 75.3 cm³/mol. The van der Waals surface area contributed by atoms with Gasteiger partial charge in [0.15, 0.2) is 5.76 Å². The molecular formula is C14H12FN5O2. The van der Waals surface area contributed by atoms with Crippen molar-refractivity contribution in [2.45, 2.75) is 13.5 Å². The summed E-state index contributed by atoms with van der Waals surface area (Å²) in [5.74, 6) is 0.521. The number of benzene rings is 1. The lowest BCUT2D eigenvalue weighted by atomic mass is 10.3. The van der Waals surface area contributed by atoms with E-state index in [1.54, 1.807) is 31.2 Å². The third-order valence-corrected chi connectivity index (χ3v) is 2.85. The minimum absolute atomic E-state index is 0.106. The fourth-order valence-electron chi connectivity index (χ4n) is 1.84. The number of hydrogen-bond acceptors (Lipinski definition) is 5. The first kappa shape index (κ1) is 13.9. The van der Waals surface area contributed by atoms with E-state index >= 15 is 0 Å². The zero-order valence-electron chi connectivity index (χ0n) is 11.7. The van der Waals surface area contributed by atoms with E-state index in [1.807, 2.05) is 0 Å². The number of halogens is 1. The highest BCUT2D eigenvalue weighted by molar-refractivity contribution is 5.90. The fraction of sp³-hybridized carbons (Fsp3) is 0.143. The van der Waals surface area contributed by atoms with E-state index < -0.39 is 11.7 Å². The monoisotopic (exact) mass is 301 g/mol. The van der Waals surface area contributed by atoms with Gasteiger partial charge in [0.25, 0.3) is 0 Å². The first-order valence-electron chi connectivity index (χ1n) is 6.51. The molecule has 1 amide bonds. The van der Waals surface area contributed by atoms with E-state index in [2.05, 4.69) is 20.7 Å². The summed E-state index contributed by atoms with van der Waals surface area (Å²) in [6.07, 6.45) is 0. The van der Waals surface area contributed by atoms with Gasteiger partial charge in [-0.25, -0.2) is 4.39 Å². The molecular weight excluding hydrogens is 289 g/mol. The molecule has 2 heterocycles. The number of hydrogen-bond donors (Lipinski definition) is 1. The van der Waals surface area contributed by atoms with Crippen LogP contribution in [-0.2, 0) is 11.3 Å². The lowest BCUT2D eigenvalue weighted by Gasteiger charge is -2.04. The Labute approximate surface area is 124 Å². The van der Waals surface area contributed by atoms with Crippen LogP contribution in [0.1, 0.15) is 5.76 Å². The van der Waals surface area contributed by atoms with Crippen LogP contribution < -0.4 is 5.32 Å². The van der Waals surface area contributed by atoms with Gasteiger partial charge in [0.1, 0.15) is 18.1 Å². The van der Waals surface area contributed by atoms with Crippen LogP contribution in [0.4, 0.5) is 10.1 Å². The third-order valence-electron chi connectivity index (χ3n) is 2.85. The summed E-state index contributed by atoms with van der Waals surface area (Å²) in [4.78, 5) is 13.0. The molecule has 0 fully saturated rings. The standard InChI is InChI=1S/C14H12FN5O2/c1-9-6-7-12(22-9)14-17-19-20(18-14)8-13(21)16-11-5-3-2-4-10(11)15/h2-7H,8H2,1H3,(H,16,21). The average molecular weight is 301 g/mol. The molecule has 22 heavy (non-hydrogen) atoms. The number of amides is 1. The first-order valence-corrected chi connectivity index (χ1v) is 6.51. The number of rotatable bonds is 4. The van der Waals surface area contributed by atoms with Gasteiger partial charge in [-0.15, -0.1) is 10.2 Å². The van der Waals surface area contributed by atoms with Gasteiger partial charge in [-0.3, -0.25) is 4.79 Å². The highest BCUT2D eigenvalue weighted by atomic mass is 19.1. The lowest BCUT2D eigenvalue weighted by molar-refractivity contribution is -0.117. The molecule has 0 bridgehead atoms. The normalized spacial score (nSPS) is 10.6. The van der Waals surface area contributed by atoms with Crippen LogP contribution in [0.5, 0.6) is 0 Å². The number of carbonyl (C=O) groups excluding carboxylic acids is 1. The zero-order chi connectivity index (χ0) is 15.5. The second kappa shape index (κ2) is 5.76. The zero-order valence-corrected chi connectivity index (χ0v) is 11.7. The summed E-state index contributed by atoms with van der Waals surface area (Å²) in [5, 5.41) is 14.1. The molecule has 3 aromatic rings. The Morgan fingerprint density at radius 2 is 2.14 bits per heavy atom. The van der Waals surface area contributed by atoms with Crippen molar-refractivity contribution in [3.8, 4) is 11.6 Å². The molecule has 8 heteroatoms. The van der Waals surface area contributed by atoms with Gasteiger partial charge < -0.3 is 9.73 Å². The maximum atomic E-state index is 13.4. The third kappa shape index (κ3) is 3.00. The molecule has 0 aliphatic heterocycles. The first-order chi connectivity index (χ1) is 10.6. The maximum Gasteiger partial charge on any atom is 0.248 e. The number of nitrogens with zero attached hydrogens (tertiary/aromatic N) is 4. The molecule has 0 atom stereocenters. The smallest absolute Gasteiger partial charge is 0.248 e. The van der Waals surface area contributed by atoms with Crippen LogP contribution in [-0.4, -0.2) is 26.1 Å². The molecule has 7 nitrogen and oxygen atoms in total. The maximum absolute atomic E-state index is 13.4. The van der Waals surface area contributed by atoms with Crippen LogP contribution in [0.15, 0.2) is 40.8 Å². The topological polar surface area (TPSA) is 85.8 Å². The molecule has 112 valence electrons. The van der Waals surface area contributed by atoms with E-state index in [1.165, 1.54) is 12.1 Å². The van der Waals surface area contributed by atoms with Crippen molar-refractivity contribution in [1.29, 1.82) is 0 Å². The summed E-state index contributed by atoms with van der Waals surface area (Å²) in [7, 11) is 0. The summed E-state index contributed by atoms with van der Waals surface area (Å²) in [6, 6.07) is 9.40. The minimum Gasteiger partial charge on any atom is -0.458 e. The van der Waals surface area contributed by atoms with Crippen molar-refractivity contribution in [2.75, 3.05) is 5.32 Å². The Morgan fingerprint density at radius 1 is 1.32 bits per heavy atom. The van der Waals surface area contributed by atoms with Crippen LogP contribution in [0.2, 0.25) is 0 Å². The van der Waals surface area contributed by atoms with Gasteiger partial charge in [0, 0.05) is 0 Å². The van der Waals surface area contributed by atoms with Crippen LogP contribution in [0.3, 0.4) is 0 Å². The molecule has 0 spiro atoms. The second-order valence-corrected chi connectivity index (χ2v) is 4.58. The molecule has 0 saturated heterocycles. The van der Waals surface area contributed by atoms with Gasteiger partial charge >= 0.3 is 0 Å². The summed E-state index contributed by atoms with van der Waals surface area (Å²) < 4.78 is 18.8. The number of carbonyl (C=O) groups is 1. The van der Waals surface area contributed by atoms with Crippen LogP contribution in [0, 0.1) is 12.7 Å². The van der Waals surface area contributed by atoms with E-state index in [-0.39, 0.29) is 18.1 Å². The number of para-hydroxylation sites is 1. The molecule has 0 aliphatic carbocycles. The molecule has 2 aromatic heterocycles. The van der Waals surface area contributed by atoms with Crippen LogP contribution >= 0.6 is 0 Å². The Morgan fingerprint density at radius 3 is 2.86 bits per heavy atom. The number of nitrogens with one attached hydrogen (secondary N) is 1. The summed E-state index contributed by atoms with van der Waals surface area (Å²) >= 11 is 0. The minimum atomic E-state index is -0.505. The molecule has 1 aromatic carbocycles. The molecule has 1 N–H and O–H groups in total. The summed E-state index contributed by atoms with van der Waals surface area (Å²) in [5.41, 5.74) is 0.106. The van der Waals surface area contributed by atoms with E-state index in [0.29, 0.717) is 5.76 Å². The Balaban J connectivity index is 1.67. The van der Waals surface area contributed by atoms with E-state index in [9.17, 15) is 9.18 Å².